The number of carbonyl (C=O) groups excluding carboxylic acids is 1. The topological polar surface area (TPSA) is 44.1 Å². The van der Waals surface area contributed by atoms with Gasteiger partial charge < -0.3 is 4.74 Å². The molecule has 4 nitrogen and oxygen atoms in total. The number of halogens is 1. The fourth-order valence-corrected chi connectivity index (χ4v) is 4.30. The van der Waals surface area contributed by atoms with Gasteiger partial charge in [-0.3, -0.25) is 4.79 Å². The van der Waals surface area contributed by atoms with E-state index in [1.807, 2.05) is 48.5 Å². The molecule has 0 aliphatic carbocycles. The lowest BCUT2D eigenvalue weighted by molar-refractivity contribution is -0.134. The highest BCUT2D eigenvalue weighted by Crippen LogP contribution is 2.29. The average molecular weight is 481 g/mol. The predicted molar refractivity (Wildman–Crippen MR) is 141 cm³/mol. The van der Waals surface area contributed by atoms with Crippen molar-refractivity contribution in [3.63, 3.8) is 0 Å². The number of para-hydroxylation sites is 1. The number of carbonyl (C=O) groups is 1. The van der Waals surface area contributed by atoms with E-state index in [0.717, 1.165) is 24.1 Å². The quantitative estimate of drug-likeness (QED) is 0.161. The summed E-state index contributed by atoms with van der Waals surface area (Å²) in [6.07, 6.45) is 14.2. The molecule has 0 unspecified atom stereocenters. The van der Waals surface area contributed by atoms with Crippen molar-refractivity contribution >= 4 is 17.6 Å². The molecule has 0 fully saturated rings. The monoisotopic (exact) mass is 480 g/mol. The van der Waals surface area contributed by atoms with Gasteiger partial charge in [0, 0.05) is 18.1 Å². The van der Waals surface area contributed by atoms with Gasteiger partial charge in [0.05, 0.1) is 16.4 Å². The Balaban J connectivity index is 1.49. The van der Waals surface area contributed by atoms with Crippen molar-refractivity contribution in [3.05, 3.63) is 65.7 Å². The maximum Gasteiger partial charge on any atom is 0.312 e. The van der Waals surface area contributed by atoms with Crippen LogP contribution < -0.4 is 4.74 Å². The highest BCUT2D eigenvalue weighted by Gasteiger charge is 2.17. The van der Waals surface area contributed by atoms with Gasteiger partial charge in [-0.25, -0.2) is 0 Å². The summed E-state index contributed by atoms with van der Waals surface area (Å²) >= 11 is 6.41. The van der Waals surface area contributed by atoms with Gasteiger partial charge >= 0.3 is 5.97 Å². The summed E-state index contributed by atoms with van der Waals surface area (Å²) in [4.78, 5) is 12.6. The van der Waals surface area contributed by atoms with Gasteiger partial charge in [-0.15, -0.1) is 0 Å². The first-order chi connectivity index (χ1) is 16.7. The lowest BCUT2D eigenvalue weighted by Crippen LogP contribution is -2.11. The van der Waals surface area contributed by atoms with E-state index in [9.17, 15) is 4.79 Å². The lowest BCUT2D eigenvalue weighted by Gasteiger charge is -2.09. The van der Waals surface area contributed by atoms with Crippen molar-refractivity contribution in [2.24, 2.45) is 0 Å². The third-order valence-corrected chi connectivity index (χ3v) is 6.35. The Labute approximate surface area is 209 Å². The molecule has 1 aromatic heterocycles. The van der Waals surface area contributed by atoms with Crippen LogP contribution in [0.4, 0.5) is 0 Å². The number of esters is 1. The lowest BCUT2D eigenvalue weighted by atomic mass is 10.1. The molecule has 0 N–H and O–H groups in total. The van der Waals surface area contributed by atoms with Crippen LogP contribution in [0.1, 0.15) is 84.0 Å². The first-order valence-electron chi connectivity index (χ1n) is 12.8. The maximum absolute atomic E-state index is 12.6. The predicted octanol–water partition coefficient (Wildman–Crippen LogP) is 8.80. The summed E-state index contributed by atoms with van der Waals surface area (Å²) in [5.41, 5.74) is 2.37. The molecule has 3 aromatic rings. The van der Waals surface area contributed by atoms with Gasteiger partial charge in [0.25, 0.3) is 0 Å². The van der Waals surface area contributed by atoms with Crippen LogP contribution in [0, 0.1) is 0 Å². The summed E-state index contributed by atoms with van der Waals surface area (Å²) in [5.74, 6) is 0.156. The second-order valence-corrected chi connectivity index (χ2v) is 9.26. The van der Waals surface area contributed by atoms with Crippen molar-refractivity contribution in [3.8, 4) is 22.8 Å². The SMILES string of the molecule is CCCCCCCCCCCCCC(=O)Oc1cc(-c2ccccc2)nn1-c1ccccc1Cl. The molecule has 0 saturated heterocycles. The number of hydrogen-bond donors (Lipinski definition) is 0. The van der Waals surface area contributed by atoms with Crippen molar-refractivity contribution in [2.75, 3.05) is 0 Å². The zero-order valence-corrected chi connectivity index (χ0v) is 21.1. The van der Waals surface area contributed by atoms with Crippen LogP contribution in [0.2, 0.25) is 5.02 Å². The van der Waals surface area contributed by atoms with Crippen LogP contribution >= 0.6 is 11.6 Å². The molecule has 0 aliphatic heterocycles. The largest absolute Gasteiger partial charge is 0.407 e. The zero-order valence-electron chi connectivity index (χ0n) is 20.3. The summed E-state index contributed by atoms with van der Waals surface area (Å²) in [6, 6.07) is 19.1. The van der Waals surface area contributed by atoms with Gasteiger partial charge in [0.2, 0.25) is 5.88 Å². The molecule has 0 atom stereocenters. The molecule has 5 heteroatoms. The Hall–Kier alpha value is -2.59. The van der Waals surface area contributed by atoms with Gasteiger partial charge in [-0.1, -0.05) is 125 Å². The number of aromatic nitrogens is 2. The van der Waals surface area contributed by atoms with Gasteiger partial charge in [0.15, 0.2) is 0 Å². The van der Waals surface area contributed by atoms with Crippen LogP contribution in [-0.4, -0.2) is 15.7 Å². The molecule has 0 saturated carbocycles. The zero-order chi connectivity index (χ0) is 24.0. The van der Waals surface area contributed by atoms with Crippen LogP contribution in [0.3, 0.4) is 0 Å². The molecule has 1 heterocycles. The number of rotatable bonds is 15. The Kier molecular flexibility index (Phi) is 11.2. The highest BCUT2D eigenvalue weighted by atomic mass is 35.5. The minimum atomic E-state index is -0.233. The number of hydrogen-bond acceptors (Lipinski definition) is 3. The van der Waals surface area contributed by atoms with Crippen molar-refractivity contribution in [2.45, 2.75) is 84.0 Å². The van der Waals surface area contributed by atoms with E-state index in [4.69, 9.17) is 16.3 Å². The molecule has 0 spiro atoms. The van der Waals surface area contributed by atoms with Crippen LogP contribution in [0.5, 0.6) is 5.88 Å². The van der Waals surface area contributed by atoms with Crippen molar-refractivity contribution in [1.29, 1.82) is 0 Å². The van der Waals surface area contributed by atoms with Crippen LogP contribution in [-0.2, 0) is 4.79 Å². The van der Waals surface area contributed by atoms with E-state index in [2.05, 4.69) is 12.0 Å². The fourth-order valence-electron chi connectivity index (χ4n) is 4.08. The summed E-state index contributed by atoms with van der Waals surface area (Å²) in [6.45, 7) is 2.26. The number of nitrogens with zero attached hydrogens (tertiary/aromatic N) is 2. The van der Waals surface area contributed by atoms with E-state index in [1.165, 1.54) is 57.8 Å². The summed E-state index contributed by atoms with van der Waals surface area (Å²) in [5, 5.41) is 5.23. The highest BCUT2D eigenvalue weighted by molar-refractivity contribution is 6.32. The Morgan fingerprint density at radius 2 is 1.41 bits per heavy atom. The second kappa shape index (κ2) is 14.6. The Bertz CT molecular complexity index is 1000. The molecule has 182 valence electrons. The van der Waals surface area contributed by atoms with Crippen molar-refractivity contribution < 1.29 is 9.53 Å². The van der Waals surface area contributed by atoms with E-state index in [1.54, 1.807) is 16.8 Å². The molecule has 34 heavy (non-hydrogen) atoms. The van der Waals surface area contributed by atoms with Crippen molar-refractivity contribution in [1.82, 2.24) is 9.78 Å². The molecular weight excluding hydrogens is 444 g/mol. The Morgan fingerprint density at radius 3 is 2.06 bits per heavy atom. The fraction of sp³-hybridized carbons (Fsp3) is 0.448. The van der Waals surface area contributed by atoms with Crippen LogP contribution in [0.25, 0.3) is 16.9 Å². The molecular formula is C29H37ClN2O2. The standard InChI is InChI=1S/C29H37ClN2O2/c1-2-3-4-5-6-7-8-9-10-11-15-22-29(33)34-28-23-26(24-18-13-12-14-19-24)31-32(28)27-21-17-16-20-25(27)30/h12-14,16-21,23H,2-11,15,22H2,1H3. The van der Waals surface area contributed by atoms with Crippen LogP contribution in [0.15, 0.2) is 60.7 Å². The third kappa shape index (κ3) is 8.32. The minimum Gasteiger partial charge on any atom is -0.407 e. The normalized spacial score (nSPS) is 11.0. The van der Waals surface area contributed by atoms with E-state index in [0.29, 0.717) is 23.0 Å². The molecule has 0 radical (unpaired) electrons. The average Bonchev–Trinajstić information content (AvgIpc) is 3.26. The Morgan fingerprint density at radius 1 is 0.824 bits per heavy atom. The summed E-state index contributed by atoms with van der Waals surface area (Å²) < 4.78 is 7.37. The molecule has 2 aromatic carbocycles. The first-order valence-corrected chi connectivity index (χ1v) is 13.2. The van der Waals surface area contributed by atoms with Gasteiger partial charge in [0.1, 0.15) is 0 Å². The number of unbranched alkanes of at least 4 members (excludes halogenated alkanes) is 10. The second-order valence-electron chi connectivity index (χ2n) is 8.86. The van der Waals surface area contributed by atoms with E-state index >= 15 is 0 Å². The molecule has 0 aliphatic rings. The summed E-state index contributed by atoms with van der Waals surface area (Å²) in [7, 11) is 0. The van der Waals surface area contributed by atoms with E-state index < -0.39 is 0 Å². The number of ether oxygens (including phenoxy) is 1. The molecule has 0 amide bonds. The third-order valence-electron chi connectivity index (χ3n) is 6.03. The van der Waals surface area contributed by atoms with E-state index in [-0.39, 0.29) is 5.97 Å². The van der Waals surface area contributed by atoms with Gasteiger partial charge in [-0.05, 0) is 18.6 Å². The molecule has 0 bridgehead atoms. The smallest absolute Gasteiger partial charge is 0.312 e. The number of benzene rings is 2. The first kappa shape index (κ1) is 26.0. The van der Waals surface area contributed by atoms with Gasteiger partial charge in [-0.2, -0.15) is 9.78 Å². The maximum atomic E-state index is 12.6. The minimum absolute atomic E-state index is 0.233. The molecule has 3 rings (SSSR count).